The summed E-state index contributed by atoms with van der Waals surface area (Å²) in [6.45, 7) is 1.09. The smallest absolute Gasteiger partial charge is 0.342 e. The molecule has 0 saturated carbocycles. The molecule has 0 radical (unpaired) electrons. The zero-order chi connectivity index (χ0) is 17.5. The number of carboxylic acids is 2. The van der Waals surface area contributed by atoms with Gasteiger partial charge in [-0.15, -0.1) is 0 Å². The van der Waals surface area contributed by atoms with Gasteiger partial charge in [0.05, 0.1) is 0 Å². The molecule has 0 bridgehead atoms. The van der Waals surface area contributed by atoms with E-state index in [0.717, 1.165) is 19.1 Å². The van der Waals surface area contributed by atoms with Crippen LogP contribution in [0.4, 0.5) is 14.6 Å². The Labute approximate surface area is 127 Å². The highest BCUT2D eigenvalue weighted by molar-refractivity contribution is 6.07. The molecular formula is C14H10F2N2O5. The van der Waals surface area contributed by atoms with Gasteiger partial charge in [0.2, 0.25) is 0 Å². The quantitative estimate of drug-likeness (QED) is 0.678. The molecule has 0 amide bonds. The van der Waals surface area contributed by atoms with Crippen molar-refractivity contribution in [2.24, 2.45) is 0 Å². The topological polar surface area (TPSA) is 133 Å². The van der Waals surface area contributed by atoms with E-state index < -0.39 is 62.8 Å². The predicted octanol–water partition coefficient (Wildman–Crippen LogP) is 1.61. The molecule has 5 N–H and O–H groups in total. The molecule has 0 atom stereocenters. The molecular weight excluding hydrogens is 314 g/mol. The summed E-state index contributed by atoms with van der Waals surface area (Å²) in [4.78, 5) is 36.4. The number of benzene rings is 1. The fourth-order valence-electron chi connectivity index (χ4n) is 2.17. The number of hydrogen-bond acceptors (Lipinski definition) is 4. The summed E-state index contributed by atoms with van der Waals surface area (Å²) >= 11 is 0. The summed E-state index contributed by atoms with van der Waals surface area (Å²) in [5.41, 5.74) is 0.729. The largest absolute Gasteiger partial charge is 0.478 e. The number of anilines is 1. The fraction of sp³-hybridized carbons (Fsp3) is 0.0714. The number of halogens is 2. The van der Waals surface area contributed by atoms with Crippen molar-refractivity contribution >= 4 is 17.8 Å². The molecule has 0 unspecified atom stereocenters. The van der Waals surface area contributed by atoms with Gasteiger partial charge in [0, 0.05) is 16.7 Å². The molecule has 0 aliphatic heterocycles. The molecule has 120 valence electrons. The Morgan fingerprint density at radius 1 is 1.13 bits per heavy atom. The molecule has 2 rings (SSSR count). The van der Waals surface area contributed by atoms with Gasteiger partial charge < -0.3 is 20.9 Å². The third kappa shape index (κ3) is 2.52. The first-order valence-corrected chi connectivity index (χ1v) is 6.14. The number of pyridine rings is 1. The molecule has 2 aromatic rings. The predicted molar refractivity (Wildman–Crippen MR) is 75.5 cm³/mol. The monoisotopic (exact) mass is 324 g/mol. The van der Waals surface area contributed by atoms with E-state index in [1.807, 2.05) is 4.98 Å². The van der Waals surface area contributed by atoms with E-state index in [0.29, 0.717) is 0 Å². The first-order valence-electron chi connectivity index (χ1n) is 6.14. The molecule has 9 heteroatoms. The van der Waals surface area contributed by atoms with Crippen LogP contribution in [0.2, 0.25) is 0 Å². The second-order valence-electron chi connectivity index (χ2n) is 4.64. The van der Waals surface area contributed by atoms with Gasteiger partial charge >= 0.3 is 11.9 Å². The van der Waals surface area contributed by atoms with Gasteiger partial charge in [0.25, 0.3) is 5.56 Å². The average molecular weight is 324 g/mol. The number of nitrogens with two attached hydrogens (primary N) is 1. The van der Waals surface area contributed by atoms with Gasteiger partial charge in [-0.1, -0.05) is 0 Å². The maximum atomic E-state index is 14.3. The molecule has 1 aromatic carbocycles. The summed E-state index contributed by atoms with van der Waals surface area (Å²) in [6, 6.07) is 1.69. The molecule has 1 heterocycles. The van der Waals surface area contributed by atoms with Crippen LogP contribution in [0.5, 0.6) is 0 Å². The molecule has 0 fully saturated rings. The summed E-state index contributed by atoms with van der Waals surface area (Å²) in [5.74, 6) is -6.16. The number of rotatable bonds is 3. The van der Waals surface area contributed by atoms with E-state index in [4.69, 9.17) is 10.8 Å². The highest BCUT2D eigenvalue weighted by Crippen LogP contribution is 2.32. The van der Waals surface area contributed by atoms with Crippen LogP contribution in [-0.4, -0.2) is 27.1 Å². The van der Waals surface area contributed by atoms with Crippen molar-refractivity contribution in [2.75, 3.05) is 5.73 Å². The normalized spacial score (nSPS) is 10.6. The Morgan fingerprint density at radius 3 is 2.22 bits per heavy atom. The lowest BCUT2D eigenvalue weighted by Gasteiger charge is -2.13. The van der Waals surface area contributed by atoms with E-state index in [1.165, 1.54) is 0 Å². The SMILES string of the molecule is Cc1c(F)ccc(-c2c(C(=O)O)c(N)[nH]c(=O)c2C(=O)O)c1F. The molecule has 0 aliphatic carbocycles. The first-order chi connectivity index (χ1) is 10.7. The van der Waals surface area contributed by atoms with E-state index in [-0.39, 0.29) is 0 Å². The standard InChI is InChI=1S/C14H10F2N2O5/c1-4-6(15)3-2-5(10(4)16)7-8(13(20)21)11(17)18-12(19)9(7)14(22)23/h2-3H,1H3,(H,20,21)(H,22,23)(H3,17,18,19). The molecule has 23 heavy (non-hydrogen) atoms. The number of aromatic carboxylic acids is 2. The van der Waals surface area contributed by atoms with Crippen LogP contribution in [0.15, 0.2) is 16.9 Å². The van der Waals surface area contributed by atoms with Gasteiger partial charge in [-0.2, -0.15) is 0 Å². The van der Waals surface area contributed by atoms with Crippen molar-refractivity contribution in [1.29, 1.82) is 0 Å². The van der Waals surface area contributed by atoms with Crippen molar-refractivity contribution in [3.8, 4) is 11.1 Å². The number of carboxylic acid groups (broad SMARTS) is 2. The van der Waals surface area contributed by atoms with E-state index in [2.05, 4.69) is 0 Å². The molecule has 1 aromatic heterocycles. The Balaban J connectivity index is 3.07. The second-order valence-corrected chi connectivity index (χ2v) is 4.64. The minimum absolute atomic E-state index is 0.450. The third-order valence-electron chi connectivity index (χ3n) is 3.26. The highest BCUT2D eigenvalue weighted by Gasteiger charge is 2.28. The highest BCUT2D eigenvalue weighted by atomic mass is 19.1. The average Bonchev–Trinajstić information content (AvgIpc) is 2.43. The number of nitrogen functional groups attached to an aromatic ring is 1. The number of hydrogen-bond donors (Lipinski definition) is 4. The van der Waals surface area contributed by atoms with Gasteiger partial charge in [0.1, 0.15) is 28.6 Å². The van der Waals surface area contributed by atoms with Crippen LogP contribution in [-0.2, 0) is 0 Å². The molecule has 0 aliphatic rings. The summed E-state index contributed by atoms with van der Waals surface area (Å²) in [7, 11) is 0. The van der Waals surface area contributed by atoms with Crippen LogP contribution in [0.1, 0.15) is 26.3 Å². The van der Waals surface area contributed by atoms with Crippen LogP contribution in [0.3, 0.4) is 0 Å². The zero-order valence-electron chi connectivity index (χ0n) is 11.6. The number of aromatic amines is 1. The number of carbonyl (C=O) groups is 2. The molecule has 7 nitrogen and oxygen atoms in total. The lowest BCUT2D eigenvalue weighted by atomic mass is 9.93. The van der Waals surface area contributed by atoms with Gasteiger partial charge in [-0.3, -0.25) is 4.79 Å². The van der Waals surface area contributed by atoms with E-state index >= 15 is 0 Å². The summed E-state index contributed by atoms with van der Waals surface area (Å²) in [6.07, 6.45) is 0. The van der Waals surface area contributed by atoms with Gasteiger partial charge in [-0.05, 0) is 19.1 Å². The first kappa shape index (κ1) is 16.1. The van der Waals surface area contributed by atoms with Crippen LogP contribution in [0.25, 0.3) is 11.1 Å². The number of H-pyrrole nitrogens is 1. The van der Waals surface area contributed by atoms with E-state index in [1.54, 1.807) is 0 Å². The number of nitrogens with one attached hydrogen (secondary N) is 1. The van der Waals surface area contributed by atoms with Crippen molar-refractivity contribution in [1.82, 2.24) is 4.98 Å². The Morgan fingerprint density at radius 2 is 1.70 bits per heavy atom. The Kier molecular flexibility index (Phi) is 3.87. The van der Waals surface area contributed by atoms with Crippen LogP contribution in [0, 0.1) is 18.6 Å². The van der Waals surface area contributed by atoms with Crippen molar-refractivity contribution in [3.63, 3.8) is 0 Å². The van der Waals surface area contributed by atoms with Gasteiger partial charge in [0.15, 0.2) is 0 Å². The molecule has 0 spiro atoms. The minimum Gasteiger partial charge on any atom is -0.478 e. The molecule has 0 saturated heterocycles. The summed E-state index contributed by atoms with van der Waals surface area (Å²) < 4.78 is 27.7. The Bertz CT molecular complexity index is 905. The van der Waals surface area contributed by atoms with Gasteiger partial charge in [-0.25, -0.2) is 18.4 Å². The van der Waals surface area contributed by atoms with Crippen molar-refractivity contribution < 1.29 is 28.6 Å². The minimum atomic E-state index is -1.77. The number of aromatic nitrogens is 1. The maximum Gasteiger partial charge on any atom is 0.342 e. The second kappa shape index (κ2) is 5.52. The lowest BCUT2D eigenvalue weighted by Crippen LogP contribution is -2.24. The zero-order valence-corrected chi connectivity index (χ0v) is 11.6. The third-order valence-corrected chi connectivity index (χ3v) is 3.26. The fourth-order valence-corrected chi connectivity index (χ4v) is 2.17. The van der Waals surface area contributed by atoms with Crippen LogP contribution < -0.4 is 11.3 Å². The van der Waals surface area contributed by atoms with Crippen molar-refractivity contribution in [2.45, 2.75) is 6.92 Å². The Hall–Kier alpha value is -3.23. The lowest BCUT2D eigenvalue weighted by molar-refractivity contribution is 0.0695. The van der Waals surface area contributed by atoms with Crippen LogP contribution >= 0.6 is 0 Å². The van der Waals surface area contributed by atoms with Crippen molar-refractivity contribution in [3.05, 3.63) is 50.8 Å². The maximum absolute atomic E-state index is 14.3. The van der Waals surface area contributed by atoms with E-state index in [9.17, 15) is 28.3 Å². The summed E-state index contributed by atoms with van der Waals surface area (Å²) in [5, 5.41) is 18.4.